The minimum Gasteiger partial charge on any atom is -0.496 e. The average Bonchev–Trinajstić information content (AvgIpc) is 2.84. The molecular formula is C27H28F3N3O3. The van der Waals surface area contributed by atoms with E-state index in [1.807, 2.05) is 18.2 Å². The van der Waals surface area contributed by atoms with Gasteiger partial charge in [0.05, 0.1) is 36.8 Å². The molecule has 36 heavy (non-hydrogen) atoms. The van der Waals surface area contributed by atoms with Crippen molar-refractivity contribution in [1.82, 2.24) is 0 Å². The van der Waals surface area contributed by atoms with Crippen molar-refractivity contribution in [2.75, 3.05) is 36.8 Å². The van der Waals surface area contributed by atoms with Crippen LogP contribution in [0.2, 0.25) is 0 Å². The molecule has 0 unspecified atom stereocenters. The molecule has 4 rings (SSSR count). The van der Waals surface area contributed by atoms with Crippen molar-refractivity contribution in [3.05, 3.63) is 65.7 Å². The Labute approximate surface area is 208 Å². The normalized spacial score (nSPS) is 14.7. The van der Waals surface area contributed by atoms with Crippen molar-refractivity contribution in [3.8, 4) is 22.6 Å². The number of nitrogens with one attached hydrogen (secondary N) is 2. The molecule has 6 nitrogen and oxygen atoms in total. The first kappa shape index (κ1) is 25.2. The van der Waals surface area contributed by atoms with Gasteiger partial charge >= 0.3 is 6.18 Å². The van der Waals surface area contributed by atoms with E-state index >= 15 is 0 Å². The summed E-state index contributed by atoms with van der Waals surface area (Å²) in [5.41, 5.74) is 1.78. The second-order valence-electron chi connectivity index (χ2n) is 9.07. The van der Waals surface area contributed by atoms with Gasteiger partial charge in [-0.15, -0.1) is 0 Å². The molecule has 1 aliphatic heterocycles. The van der Waals surface area contributed by atoms with Crippen LogP contribution in [0.1, 0.15) is 25.0 Å². The molecule has 3 aromatic carbocycles. The number of anilines is 3. The number of hydrogen-bond donors (Lipinski definition) is 2. The number of halogens is 3. The molecule has 0 aromatic heterocycles. The van der Waals surface area contributed by atoms with E-state index in [4.69, 9.17) is 9.47 Å². The summed E-state index contributed by atoms with van der Waals surface area (Å²) < 4.78 is 51.7. The molecular weight excluding hydrogens is 471 g/mol. The number of ether oxygens (including phenoxy) is 2. The van der Waals surface area contributed by atoms with Crippen LogP contribution in [-0.2, 0) is 17.5 Å². The summed E-state index contributed by atoms with van der Waals surface area (Å²) in [6.45, 7) is 3.77. The fourth-order valence-electron chi connectivity index (χ4n) is 4.53. The van der Waals surface area contributed by atoms with E-state index in [9.17, 15) is 18.0 Å². The fourth-order valence-corrected chi connectivity index (χ4v) is 4.53. The topological polar surface area (TPSA) is 62.8 Å². The predicted molar refractivity (Wildman–Crippen MR) is 135 cm³/mol. The van der Waals surface area contributed by atoms with Gasteiger partial charge in [-0.2, -0.15) is 13.2 Å². The summed E-state index contributed by atoms with van der Waals surface area (Å²) in [4.78, 5) is 14.7. The van der Waals surface area contributed by atoms with Gasteiger partial charge < -0.3 is 25.0 Å². The molecule has 3 aromatic rings. The second kappa shape index (κ2) is 9.29. The van der Waals surface area contributed by atoms with Gasteiger partial charge in [-0.1, -0.05) is 18.2 Å². The number of rotatable bonds is 6. The van der Waals surface area contributed by atoms with Gasteiger partial charge in [-0.25, -0.2) is 0 Å². The number of fused-ring (bicyclic) bond motifs is 1. The highest BCUT2D eigenvalue weighted by Gasteiger charge is 2.39. The number of hydrogen-bond acceptors (Lipinski definition) is 5. The number of benzene rings is 3. The Morgan fingerprint density at radius 3 is 2.33 bits per heavy atom. The molecule has 0 saturated heterocycles. The van der Waals surface area contributed by atoms with Gasteiger partial charge in [0.2, 0.25) is 0 Å². The molecule has 190 valence electrons. The van der Waals surface area contributed by atoms with E-state index in [2.05, 4.69) is 10.6 Å². The number of methoxy groups -OCH3 is 2. The Bertz CT molecular complexity index is 1310. The number of alkyl halides is 3. The highest BCUT2D eigenvalue weighted by molar-refractivity contribution is 6.09. The molecule has 0 saturated carbocycles. The molecule has 0 radical (unpaired) electrons. The van der Waals surface area contributed by atoms with Crippen molar-refractivity contribution in [1.29, 1.82) is 0 Å². The summed E-state index contributed by atoms with van der Waals surface area (Å²) in [6.07, 6.45) is -4.52. The van der Waals surface area contributed by atoms with Crippen molar-refractivity contribution >= 4 is 23.0 Å². The Morgan fingerprint density at radius 2 is 1.67 bits per heavy atom. The molecule has 9 heteroatoms. The number of carbonyl (C=O) groups excluding carboxylic acids is 1. The summed E-state index contributed by atoms with van der Waals surface area (Å²) in [5.74, 6) is 0.741. The Hall–Kier alpha value is -3.88. The zero-order valence-corrected chi connectivity index (χ0v) is 20.7. The quantitative estimate of drug-likeness (QED) is 0.425. The maximum absolute atomic E-state index is 13.6. The van der Waals surface area contributed by atoms with E-state index in [-0.39, 0.29) is 18.0 Å². The zero-order valence-electron chi connectivity index (χ0n) is 20.7. The third-order valence-corrected chi connectivity index (χ3v) is 6.28. The van der Waals surface area contributed by atoms with Gasteiger partial charge in [-0.05, 0) is 55.8 Å². The van der Waals surface area contributed by atoms with E-state index in [1.54, 1.807) is 51.1 Å². The van der Waals surface area contributed by atoms with Gasteiger partial charge in [0, 0.05) is 24.7 Å². The second-order valence-corrected chi connectivity index (χ2v) is 9.07. The Morgan fingerprint density at radius 1 is 0.972 bits per heavy atom. The summed E-state index contributed by atoms with van der Waals surface area (Å²) in [7, 11) is 4.64. The first-order valence-corrected chi connectivity index (χ1v) is 11.3. The number of amides is 1. The number of para-hydroxylation sites is 2. The van der Waals surface area contributed by atoms with Crippen molar-refractivity contribution < 1.29 is 27.4 Å². The third kappa shape index (κ3) is 4.53. The Balaban J connectivity index is 1.93. The highest BCUT2D eigenvalue weighted by atomic mass is 19.4. The summed E-state index contributed by atoms with van der Waals surface area (Å²) in [5, 5.41) is 6.59. The van der Waals surface area contributed by atoms with Crippen molar-refractivity contribution in [3.63, 3.8) is 0 Å². The standard InChI is InChI=1S/C27H28F3N3O3/c1-26(2)25(34)33(3)24-19(15-31-20-8-6-7-9-23(20)36-5)17(11-12-21(24)32-26)18-14-16(27(28,29)30)10-13-22(18)35-4/h6-14,31-32H,15H2,1-5H3. The van der Waals surface area contributed by atoms with E-state index in [0.717, 1.165) is 12.1 Å². The first-order valence-electron chi connectivity index (χ1n) is 11.3. The highest BCUT2D eigenvalue weighted by Crippen LogP contribution is 2.45. The van der Waals surface area contributed by atoms with Crippen molar-refractivity contribution in [2.45, 2.75) is 32.1 Å². The molecule has 1 aliphatic rings. The summed E-state index contributed by atoms with van der Waals surface area (Å²) >= 11 is 0. The monoisotopic (exact) mass is 499 g/mol. The predicted octanol–water partition coefficient (Wildman–Crippen LogP) is 6.17. The largest absolute Gasteiger partial charge is 0.496 e. The molecule has 1 heterocycles. The lowest BCUT2D eigenvalue weighted by atomic mass is 9.90. The van der Waals surface area contributed by atoms with Gasteiger partial charge in [0.1, 0.15) is 17.0 Å². The lowest BCUT2D eigenvalue weighted by Crippen LogP contribution is -2.52. The van der Waals surface area contributed by atoms with Crippen LogP contribution in [-0.4, -0.2) is 32.7 Å². The van der Waals surface area contributed by atoms with E-state index < -0.39 is 17.3 Å². The SMILES string of the molecule is COc1ccccc1NCc1c(-c2cc(C(F)(F)F)ccc2OC)ccc2c1N(C)C(=O)C(C)(C)N2. The molecule has 2 N–H and O–H groups in total. The minimum absolute atomic E-state index is 0.165. The van der Waals surface area contributed by atoms with Crippen LogP contribution < -0.4 is 25.0 Å². The third-order valence-electron chi connectivity index (χ3n) is 6.28. The molecule has 0 aliphatic carbocycles. The lowest BCUT2D eigenvalue weighted by Gasteiger charge is -2.40. The number of likely N-dealkylation sites (N-methyl/N-ethyl adjacent to an activating group) is 1. The minimum atomic E-state index is -4.52. The molecule has 0 spiro atoms. The van der Waals surface area contributed by atoms with Crippen LogP contribution >= 0.6 is 0 Å². The van der Waals surface area contributed by atoms with Crippen LogP contribution in [0.25, 0.3) is 11.1 Å². The maximum atomic E-state index is 13.6. The lowest BCUT2D eigenvalue weighted by molar-refractivity contribution is -0.137. The van der Waals surface area contributed by atoms with Gasteiger partial charge in [0.15, 0.2) is 0 Å². The van der Waals surface area contributed by atoms with Crippen LogP contribution in [0.5, 0.6) is 11.5 Å². The molecule has 0 atom stereocenters. The van der Waals surface area contributed by atoms with Crippen LogP contribution in [0.3, 0.4) is 0 Å². The summed E-state index contributed by atoms with van der Waals surface area (Å²) in [6, 6.07) is 14.2. The van der Waals surface area contributed by atoms with Crippen LogP contribution in [0, 0.1) is 0 Å². The molecule has 0 bridgehead atoms. The van der Waals surface area contributed by atoms with Crippen molar-refractivity contribution in [2.24, 2.45) is 0 Å². The molecule has 0 fully saturated rings. The van der Waals surface area contributed by atoms with Gasteiger partial charge in [-0.3, -0.25) is 4.79 Å². The smallest absolute Gasteiger partial charge is 0.416 e. The fraction of sp³-hybridized carbons (Fsp3) is 0.296. The zero-order chi connectivity index (χ0) is 26.3. The van der Waals surface area contributed by atoms with Crippen LogP contribution in [0.4, 0.5) is 30.2 Å². The average molecular weight is 500 g/mol. The number of nitrogens with zero attached hydrogens (tertiary/aromatic N) is 1. The van der Waals surface area contributed by atoms with Gasteiger partial charge in [0.25, 0.3) is 5.91 Å². The number of carbonyl (C=O) groups is 1. The van der Waals surface area contributed by atoms with E-state index in [0.29, 0.717) is 39.7 Å². The van der Waals surface area contributed by atoms with Crippen LogP contribution in [0.15, 0.2) is 54.6 Å². The maximum Gasteiger partial charge on any atom is 0.416 e. The Kier molecular flexibility index (Phi) is 6.51. The first-order chi connectivity index (χ1) is 17.0. The molecule has 1 amide bonds. The van der Waals surface area contributed by atoms with E-state index in [1.165, 1.54) is 13.2 Å².